The van der Waals surface area contributed by atoms with Crippen LogP contribution in [0.15, 0.2) is 23.6 Å². The Morgan fingerprint density at radius 3 is 3.00 bits per heavy atom. The summed E-state index contributed by atoms with van der Waals surface area (Å²) in [6.07, 6.45) is 0. The lowest BCUT2D eigenvalue weighted by atomic mass is 10.3. The molecule has 0 saturated carbocycles. The quantitative estimate of drug-likeness (QED) is 0.822. The van der Waals surface area contributed by atoms with Crippen molar-refractivity contribution in [3.63, 3.8) is 0 Å². The molecule has 0 radical (unpaired) electrons. The summed E-state index contributed by atoms with van der Waals surface area (Å²) in [6, 6.07) is 6.03. The Kier molecular flexibility index (Phi) is 5.13. The molecule has 0 bridgehead atoms. The summed E-state index contributed by atoms with van der Waals surface area (Å²) in [4.78, 5) is 9.78. The van der Waals surface area contributed by atoms with Gasteiger partial charge in [-0.2, -0.15) is 0 Å². The van der Waals surface area contributed by atoms with Crippen molar-refractivity contribution >= 4 is 28.8 Å². The first kappa shape index (κ1) is 14.2. The molecule has 0 fully saturated rings. The lowest BCUT2D eigenvalue weighted by molar-refractivity contribution is 0.128. The molecule has 1 unspecified atom stereocenters. The van der Waals surface area contributed by atoms with Gasteiger partial charge in [0, 0.05) is 17.6 Å². The second kappa shape index (κ2) is 6.84. The van der Waals surface area contributed by atoms with Gasteiger partial charge in [-0.3, -0.25) is 0 Å². The molecule has 102 valence electrons. The number of nitrogens with zero attached hydrogens (tertiary/aromatic N) is 2. The number of aromatic nitrogens is 2. The standard InChI is InChI=1S/C13H16ClN3OS/c1-3-18-8-13-16-11(14)7-12(17-13)15-9(2)10-5-4-6-19-10/h4-7,9H,3,8H2,1-2H3,(H,15,16,17). The highest BCUT2D eigenvalue weighted by Crippen LogP contribution is 2.23. The summed E-state index contributed by atoms with van der Waals surface area (Å²) < 4.78 is 5.30. The molecule has 0 aliphatic heterocycles. The highest BCUT2D eigenvalue weighted by molar-refractivity contribution is 7.10. The van der Waals surface area contributed by atoms with Crippen molar-refractivity contribution in [2.24, 2.45) is 0 Å². The molecular weight excluding hydrogens is 282 g/mol. The fourth-order valence-corrected chi connectivity index (χ4v) is 2.56. The fourth-order valence-electron chi connectivity index (χ4n) is 1.63. The first-order valence-electron chi connectivity index (χ1n) is 6.10. The monoisotopic (exact) mass is 297 g/mol. The maximum Gasteiger partial charge on any atom is 0.158 e. The van der Waals surface area contributed by atoms with Crippen molar-refractivity contribution in [2.75, 3.05) is 11.9 Å². The van der Waals surface area contributed by atoms with Crippen LogP contribution < -0.4 is 5.32 Å². The molecule has 2 heterocycles. The third-order valence-corrected chi connectivity index (χ3v) is 3.76. The number of ether oxygens (including phenoxy) is 1. The van der Waals surface area contributed by atoms with Crippen molar-refractivity contribution in [2.45, 2.75) is 26.5 Å². The van der Waals surface area contributed by atoms with Gasteiger partial charge in [0.1, 0.15) is 17.6 Å². The smallest absolute Gasteiger partial charge is 0.158 e. The SMILES string of the molecule is CCOCc1nc(Cl)cc(NC(C)c2cccs2)n1. The highest BCUT2D eigenvalue weighted by atomic mass is 35.5. The highest BCUT2D eigenvalue weighted by Gasteiger charge is 2.09. The van der Waals surface area contributed by atoms with E-state index in [2.05, 4.69) is 33.7 Å². The van der Waals surface area contributed by atoms with Crippen LogP contribution in [0.4, 0.5) is 5.82 Å². The molecule has 19 heavy (non-hydrogen) atoms. The van der Waals surface area contributed by atoms with E-state index in [0.29, 0.717) is 24.2 Å². The van der Waals surface area contributed by atoms with Gasteiger partial charge >= 0.3 is 0 Å². The van der Waals surface area contributed by atoms with Gasteiger partial charge < -0.3 is 10.1 Å². The number of halogens is 1. The Hall–Kier alpha value is -1.17. The Morgan fingerprint density at radius 2 is 2.32 bits per heavy atom. The number of hydrogen-bond donors (Lipinski definition) is 1. The van der Waals surface area contributed by atoms with Gasteiger partial charge in [0.05, 0.1) is 6.04 Å². The van der Waals surface area contributed by atoms with Gasteiger partial charge in [0.2, 0.25) is 0 Å². The molecule has 1 atom stereocenters. The van der Waals surface area contributed by atoms with Crippen molar-refractivity contribution in [1.82, 2.24) is 9.97 Å². The van der Waals surface area contributed by atoms with Crippen LogP contribution in [0.5, 0.6) is 0 Å². The lowest BCUT2D eigenvalue weighted by Crippen LogP contribution is -2.09. The number of anilines is 1. The molecule has 2 aromatic heterocycles. The van der Waals surface area contributed by atoms with E-state index in [4.69, 9.17) is 16.3 Å². The number of nitrogens with one attached hydrogen (secondary N) is 1. The largest absolute Gasteiger partial charge is 0.374 e. The molecule has 0 aliphatic carbocycles. The van der Waals surface area contributed by atoms with Crippen molar-refractivity contribution < 1.29 is 4.74 Å². The van der Waals surface area contributed by atoms with E-state index in [1.807, 2.05) is 13.0 Å². The number of hydrogen-bond acceptors (Lipinski definition) is 5. The van der Waals surface area contributed by atoms with Crippen LogP contribution in [0.1, 0.15) is 30.6 Å². The molecule has 0 aromatic carbocycles. The molecule has 2 aromatic rings. The van der Waals surface area contributed by atoms with E-state index < -0.39 is 0 Å². The molecule has 0 spiro atoms. The molecule has 2 rings (SSSR count). The number of rotatable bonds is 6. The predicted octanol–water partition coefficient (Wildman–Crippen LogP) is 3.90. The van der Waals surface area contributed by atoms with E-state index in [9.17, 15) is 0 Å². The van der Waals surface area contributed by atoms with Gasteiger partial charge in [-0.05, 0) is 25.3 Å². The van der Waals surface area contributed by atoms with Crippen molar-refractivity contribution in [3.8, 4) is 0 Å². The van der Waals surface area contributed by atoms with E-state index in [-0.39, 0.29) is 6.04 Å². The molecule has 0 amide bonds. The van der Waals surface area contributed by atoms with E-state index in [1.165, 1.54) is 4.88 Å². The topological polar surface area (TPSA) is 47.0 Å². The zero-order valence-corrected chi connectivity index (χ0v) is 12.5. The van der Waals surface area contributed by atoms with Gasteiger partial charge in [-0.1, -0.05) is 17.7 Å². The van der Waals surface area contributed by atoms with E-state index in [1.54, 1.807) is 17.4 Å². The molecule has 4 nitrogen and oxygen atoms in total. The normalized spacial score (nSPS) is 12.4. The third-order valence-electron chi connectivity index (χ3n) is 2.51. The minimum atomic E-state index is 0.186. The van der Waals surface area contributed by atoms with Crippen LogP contribution in [0, 0.1) is 0 Å². The summed E-state index contributed by atoms with van der Waals surface area (Å²) in [5.74, 6) is 1.31. The van der Waals surface area contributed by atoms with Crippen LogP contribution in [0.25, 0.3) is 0 Å². The van der Waals surface area contributed by atoms with E-state index >= 15 is 0 Å². The first-order chi connectivity index (χ1) is 9.19. The predicted molar refractivity (Wildman–Crippen MR) is 78.7 cm³/mol. The second-order valence-corrected chi connectivity index (χ2v) is 5.38. The lowest BCUT2D eigenvalue weighted by Gasteiger charge is -2.13. The maximum atomic E-state index is 5.99. The van der Waals surface area contributed by atoms with E-state index in [0.717, 1.165) is 5.82 Å². The third kappa shape index (κ3) is 4.16. The summed E-state index contributed by atoms with van der Waals surface area (Å²) >= 11 is 7.70. The van der Waals surface area contributed by atoms with Gasteiger partial charge in [0.25, 0.3) is 0 Å². The minimum Gasteiger partial charge on any atom is -0.374 e. The Bertz CT molecular complexity index is 519. The molecule has 1 N–H and O–H groups in total. The second-order valence-electron chi connectivity index (χ2n) is 4.01. The van der Waals surface area contributed by atoms with Gasteiger partial charge in [-0.15, -0.1) is 11.3 Å². The van der Waals surface area contributed by atoms with Crippen LogP contribution in [-0.4, -0.2) is 16.6 Å². The molecule has 0 aliphatic rings. The zero-order chi connectivity index (χ0) is 13.7. The summed E-state index contributed by atoms with van der Waals surface area (Å²) in [5, 5.41) is 5.80. The first-order valence-corrected chi connectivity index (χ1v) is 7.36. The van der Waals surface area contributed by atoms with Gasteiger partial charge in [-0.25, -0.2) is 9.97 Å². The maximum absolute atomic E-state index is 5.99. The van der Waals surface area contributed by atoms with Gasteiger partial charge in [0.15, 0.2) is 5.82 Å². The Labute approximate surface area is 121 Å². The average molecular weight is 298 g/mol. The summed E-state index contributed by atoms with van der Waals surface area (Å²) in [5.41, 5.74) is 0. The van der Waals surface area contributed by atoms with Crippen LogP contribution in [0.2, 0.25) is 5.15 Å². The Balaban J connectivity index is 2.09. The van der Waals surface area contributed by atoms with Crippen molar-refractivity contribution in [3.05, 3.63) is 39.4 Å². The fraction of sp³-hybridized carbons (Fsp3) is 0.385. The molecule has 0 saturated heterocycles. The zero-order valence-electron chi connectivity index (χ0n) is 10.9. The summed E-state index contributed by atoms with van der Waals surface area (Å²) in [6.45, 7) is 5.02. The number of thiophene rings is 1. The average Bonchev–Trinajstić information content (AvgIpc) is 2.89. The van der Waals surface area contributed by atoms with Crippen LogP contribution >= 0.6 is 22.9 Å². The minimum absolute atomic E-state index is 0.186. The van der Waals surface area contributed by atoms with Crippen molar-refractivity contribution in [1.29, 1.82) is 0 Å². The Morgan fingerprint density at radius 1 is 1.47 bits per heavy atom. The van der Waals surface area contributed by atoms with Crippen LogP contribution in [-0.2, 0) is 11.3 Å². The van der Waals surface area contributed by atoms with Crippen LogP contribution in [0.3, 0.4) is 0 Å². The molecular formula is C13H16ClN3OS. The summed E-state index contributed by atoms with van der Waals surface area (Å²) in [7, 11) is 0. The molecule has 6 heteroatoms.